The van der Waals surface area contributed by atoms with Crippen LogP contribution in [0.25, 0.3) is 0 Å². The van der Waals surface area contributed by atoms with Crippen LogP contribution in [0.15, 0.2) is 18.2 Å². The summed E-state index contributed by atoms with van der Waals surface area (Å²) in [6.07, 6.45) is 0. The predicted molar refractivity (Wildman–Crippen MR) is 31.4 cm³/mol. The van der Waals surface area contributed by atoms with E-state index < -0.39 is 11.6 Å². The Morgan fingerprint density at radius 2 is 1.89 bits per heavy atom. The summed E-state index contributed by atoms with van der Waals surface area (Å²) in [6, 6.07) is 3.01. The smallest absolute Gasteiger partial charge is 0.144 e. The zero-order valence-corrected chi connectivity index (χ0v) is 5.12. The molecule has 0 spiro atoms. The number of hydrogen-bond donors (Lipinski definition) is 0. The van der Waals surface area contributed by atoms with Crippen LogP contribution in [0.5, 0.6) is 0 Å². The van der Waals surface area contributed by atoms with Crippen LogP contribution < -0.4 is 0 Å². The van der Waals surface area contributed by atoms with Crippen LogP contribution in [0, 0.1) is 11.6 Å². The van der Waals surface area contributed by atoms with Gasteiger partial charge in [0.05, 0.1) is 5.02 Å². The molecule has 0 heterocycles. The molecule has 1 rings (SSSR count). The van der Waals surface area contributed by atoms with Crippen LogP contribution in [0.4, 0.5) is 8.78 Å². The highest BCUT2D eigenvalue weighted by molar-refractivity contribution is 6.30. The maximum Gasteiger partial charge on any atom is 0.144 e. The molecule has 0 unspecified atom stereocenters. The van der Waals surface area contributed by atoms with Gasteiger partial charge in [-0.1, -0.05) is 11.6 Å². The minimum absolute atomic E-state index is 0.0589. The van der Waals surface area contributed by atoms with E-state index in [1.807, 2.05) is 0 Å². The van der Waals surface area contributed by atoms with Gasteiger partial charge < -0.3 is 0 Å². The average Bonchev–Trinajstić information content (AvgIpc) is 1.80. The van der Waals surface area contributed by atoms with Crippen molar-refractivity contribution in [1.29, 1.82) is 0 Å². The van der Waals surface area contributed by atoms with E-state index in [9.17, 15) is 8.78 Å². The number of benzene rings is 1. The van der Waals surface area contributed by atoms with Crippen LogP contribution in [0.3, 0.4) is 0 Å². The summed E-state index contributed by atoms with van der Waals surface area (Å²) >= 11 is 5.24. The van der Waals surface area contributed by atoms with E-state index in [0.717, 1.165) is 12.1 Å². The highest BCUT2D eigenvalue weighted by Crippen LogP contribution is 2.13. The Labute approximate surface area is 56.1 Å². The lowest BCUT2D eigenvalue weighted by molar-refractivity contribution is 0.583. The van der Waals surface area contributed by atoms with Gasteiger partial charge in [0.2, 0.25) is 0 Å². The fourth-order valence-electron chi connectivity index (χ4n) is 0.470. The van der Waals surface area contributed by atoms with Crippen LogP contribution in [-0.4, -0.2) is 0 Å². The van der Waals surface area contributed by atoms with Crippen molar-refractivity contribution >= 4 is 11.6 Å². The molecule has 0 fully saturated rings. The van der Waals surface area contributed by atoms with Gasteiger partial charge >= 0.3 is 0 Å². The molecule has 0 aliphatic heterocycles. The van der Waals surface area contributed by atoms with E-state index in [1.165, 1.54) is 6.07 Å². The molecule has 0 radical (unpaired) electrons. The fraction of sp³-hybridized carbons (Fsp3) is 0. The Morgan fingerprint density at radius 3 is 2.33 bits per heavy atom. The molecule has 0 aliphatic carbocycles. The fourth-order valence-corrected chi connectivity index (χ4v) is 0.588. The first-order valence-electron chi connectivity index (χ1n) is 2.30. The van der Waals surface area contributed by atoms with Gasteiger partial charge in [-0.15, -0.1) is 0 Å². The molecule has 0 bridgehead atoms. The summed E-state index contributed by atoms with van der Waals surface area (Å²) in [7, 11) is 0. The summed E-state index contributed by atoms with van der Waals surface area (Å²) in [5, 5.41) is -0.0589. The van der Waals surface area contributed by atoms with Crippen molar-refractivity contribution < 1.29 is 8.78 Å². The van der Waals surface area contributed by atoms with Crippen molar-refractivity contribution in [2.24, 2.45) is 0 Å². The molecule has 0 amide bonds. The van der Waals surface area contributed by atoms with Crippen molar-refractivity contribution in [1.82, 2.24) is 0 Å². The van der Waals surface area contributed by atoms with Gasteiger partial charge in [-0.05, 0) is 12.1 Å². The number of halogens is 3. The average molecular weight is 154 g/mol. The van der Waals surface area contributed by atoms with Crippen LogP contribution >= 0.6 is 11.6 Å². The summed E-state index contributed by atoms with van der Waals surface area (Å²) < 4.78 is 24.3. The van der Waals surface area contributed by atoms with E-state index in [2.05, 4.69) is 0 Å². The van der Waals surface area contributed by atoms with Gasteiger partial charge in [-0.25, -0.2) is 8.78 Å². The number of hydrogen-bond acceptors (Lipinski definition) is 0. The predicted octanol–water partition coefficient (Wildman–Crippen LogP) is 2.62. The van der Waals surface area contributed by atoms with E-state index in [0.29, 0.717) is 0 Å². The zero-order chi connectivity index (χ0) is 6.85. The molecule has 0 saturated carbocycles. The Morgan fingerprint density at radius 1 is 1.22 bits per heavy atom. The maximum atomic E-state index is 12.2. The first-order chi connectivity index (χ1) is 4.20. The Kier molecular flexibility index (Phi) is 1.67. The molecule has 0 nitrogen and oxygen atoms in total. The van der Waals surface area contributed by atoms with Crippen LogP contribution in [0.2, 0.25) is 5.02 Å². The van der Waals surface area contributed by atoms with E-state index in [4.69, 9.17) is 11.6 Å². The molecular formula is C6H3ClF2. The maximum absolute atomic E-state index is 12.2. The minimum atomic E-state index is -0.725. The molecule has 1 aromatic carbocycles. The van der Waals surface area contributed by atoms with Crippen molar-refractivity contribution in [2.75, 3.05) is 0 Å². The van der Waals surface area contributed by atoms with Crippen LogP contribution in [0.1, 0.15) is 0 Å². The van der Waals surface area contributed by atoms with Crippen molar-refractivity contribution in [3.05, 3.63) is 34.9 Å². The molecule has 0 aromatic heterocycles. The third-order valence-corrected chi connectivity index (χ3v) is 1.19. The number of rotatable bonds is 0. The third-order valence-electron chi connectivity index (χ3n) is 0.882. The Balaban J connectivity index is 3.17. The summed E-state index contributed by atoms with van der Waals surface area (Å²) in [5.41, 5.74) is 0. The molecule has 48 valence electrons. The van der Waals surface area contributed by atoms with Gasteiger partial charge in [0.25, 0.3) is 0 Å². The largest absolute Gasteiger partial charge is 0.207 e. The SMILES string of the molecule is F[13c]1[13cH][13cH][13c](Cl)[13c](F)[13cH]1. The van der Waals surface area contributed by atoms with Crippen molar-refractivity contribution in [3.8, 4) is 0 Å². The topological polar surface area (TPSA) is 0 Å². The molecule has 1 aromatic rings. The summed E-state index contributed by atoms with van der Waals surface area (Å²) in [4.78, 5) is 0. The standard InChI is InChI=1S/C6H3ClF2/c7-5-2-1-4(8)3-6(5)9/h1-3H/i1+1,2+1,3+1,4+1,5+1,6+1. The second-order valence-corrected chi connectivity index (χ2v) is 1.97. The Bertz CT molecular complexity index is 222. The molecular weight excluding hydrogens is 151 g/mol. The van der Waals surface area contributed by atoms with E-state index >= 15 is 0 Å². The highest BCUT2D eigenvalue weighted by Gasteiger charge is 1.97. The van der Waals surface area contributed by atoms with Crippen LogP contribution in [-0.2, 0) is 0 Å². The monoisotopic (exact) mass is 154 g/mol. The minimum Gasteiger partial charge on any atom is -0.207 e. The van der Waals surface area contributed by atoms with Gasteiger partial charge in [0.15, 0.2) is 0 Å². The van der Waals surface area contributed by atoms with Gasteiger partial charge in [-0.3, -0.25) is 0 Å². The highest BCUT2D eigenvalue weighted by atomic mass is 35.5. The van der Waals surface area contributed by atoms with Crippen molar-refractivity contribution in [3.63, 3.8) is 0 Å². The molecule has 9 heavy (non-hydrogen) atoms. The lowest BCUT2D eigenvalue weighted by atomic mass is 11.3. The lowest BCUT2D eigenvalue weighted by Gasteiger charge is -1.90. The first kappa shape index (κ1) is 6.49. The molecule has 0 N–H and O–H groups in total. The molecule has 0 saturated heterocycles. The summed E-state index contributed by atoms with van der Waals surface area (Å²) in [6.45, 7) is 0. The summed E-state index contributed by atoms with van der Waals surface area (Å²) in [5.74, 6) is -1.34. The second-order valence-electron chi connectivity index (χ2n) is 1.56. The van der Waals surface area contributed by atoms with E-state index in [-0.39, 0.29) is 5.02 Å². The Hall–Kier alpha value is -0.630. The van der Waals surface area contributed by atoms with Gasteiger partial charge in [0.1, 0.15) is 11.6 Å². The third kappa shape index (κ3) is 1.39. The van der Waals surface area contributed by atoms with Crippen molar-refractivity contribution in [2.45, 2.75) is 0 Å². The first-order valence-corrected chi connectivity index (χ1v) is 2.68. The molecule has 0 atom stereocenters. The normalized spacial score (nSPS) is 9.67. The molecule has 0 aliphatic rings. The van der Waals surface area contributed by atoms with Gasteiger partial charge in [0, 0.05) is 6.07 Å². The zero-order valence-electron chi connectivity index (χ0n) is 4.37. The quantitative estimate of drug-likeness (QED) is 0.504. The van der Waals surface area contributed by atoms with E-state index in [1.54, 1.807) is 0 Å². The lowest BCUT2D eigenvalue weighted by Crippen LogP contribution is -1.77. The second kappa shape index (κ2) is 2.31. The van der Waals surface area contributed by atoms with Gasteiger partial charge in [-0.2, -0.15) is 0 Å². The molecule has 3 heteroatoms.